The van der Waals surface area contributed by atoms with E-state index < -0.39 is 5.60 Å². The molecule has 5 nitrogen and oxygen atoms in total. The second kappa shape index (κ2) is 6.50. The standard InChI is InChI=1S/C14H22ClN3O2S/c1-13(2,3)20-12(19)18-14(5-4-6-14)9-16-8-11-17-7-10(15)21-11/h7,16H,4-6,8-9H2,1-3H3,(H,18,19). The zero-order valence-corrected chi connectivity index (χ0v) is 14.2. The molecule has 0 aliphatic heterocycles. The first-order valence-corrected chi connectivity index (χ1v) is 8.30. The number of amides is 1. The Morgan fingerprint density at radius 2 is 2.24 bits per heavy atom. The van der Waals surface area contributed by atoms with Crippen LogP contribution in [0.4, 0.5) is 4.79 Å². The third-order valence-corrected chi connectivity index (χ3v) is 4.46. The first-order valence-electron chi connectivity index (χ1n) is 7.10. The summed E-state index contributed by atoms with van der Waals surface area (Å²) in [4.78, 5) is 16.1. The summed E-state index contributed by atoms with van der Waals surface area (Å²) >= 11 is 7.32. The van der Waals surface area contributed by atoms with Crippen LogP contribution in [-0.4, -0.2) is 28.8 Å². The fourth-order valence-electron chi connectivity index (χ4n) is 2.25. The highest BCUT2D eigenvalue weighted by atomic mass is 35.5. The van der Waals surface area contributed by atoms with Crippen LogP contribution < -0.4 is 10.6 Å². The molecule has 0 saturated heterocycles. The molecular formula is C14H22ClN3O2S. The van der Waals surface area contributed by atoms with Gasteiger partial charge in [-0.1, -0.05) is 11.6 Å². The number of nitrogens with zero attached hydrogens (tertiary/aromatic N) is 1. The van der Waals surface area contributed by atoms with Crippen molar-refractivity contribution in [3.63, 3.8) is 0 Å². The summed E-state index contributed by atoms with van der Waals surface area (Å²) in [6.07, 6.45) is 4.37. The number of aromatic nitrogens is 1. The quantitative estimate of drug-likeness (QED) is 0.868. The minimum Gasteiger partial charge on any atom is -0.444 e. The molecular weight excluding hydrogens is 310 g/mol. The van der Waals surface area contributed by atoms with Gasteiger partial charge in [0.05, 0.1) is 11.7 Å². The second-order valence-electron chi connectivity index (χ2n) is 6.42. The molecule has 1 heterocycles. The molecule has 1 saturated carbocycles. The fraction of sp³-hybridized carbons (Fsp3) is 0.714. The molecule has 1 aliphatic carbocycles. The van der Waals surface area contributed by atoms with Crippen molar-refractivity contribution in [1.29, 1.82) is 0 Å². The minimum atomic E-state index is -0.472. The maximum Gasteiger partial charge on any atom is 0.408 e. The van der Waals surface area contributed by atoms with E-state index in [1.807, 2.05) is 20.8 Å². The van der Waals surface area contributed by atoms with Crippen LogP contribution in [0.1, 0.15) is 45.0 Å². The van der Waals surface area contributed by atoms with Gasteiger partial charge in [-0.25, -0.2) is 9.78 Å². The Bertz CT molecular complexity index is 495. The molecule has 1 aliphatic rings. The predicted octanol–water partition coefficient (Wildman–Crippen LogP) is 3.33. The number of thiazole rings is 1. The van der Waals surface area contributed by atoms with Gasteiger partial charge in [-0.15, -0.1) is 11.3 Å². The molecule has 118 valence electrons. The van der Waals surface area contributed by atoms with Crippen molar-refractivity contribution in [3.05, 3.63) is 15.5 Å². The number of ether oxygens (including phenoxy) is 1. The summed E-state index contributed by atoms with van der Waals surface area (Å²) in [5.41, 5.74) is -0.663. The largest absolute Gasteiger partial charge is 0.444 e. The molecule has 2 N–H and O–H groups in total. The van der Waals surface area contributed by atoms with Crippen LogP contribution in [0.15, 0.2) is 6.20 Å². The molecule has 0 unspecified atom stereocenters. The maximum atomic E-state index is 11.9. The number of hydrogen-bond acceptors (Lipinski definition) is 5. The second-order valence-corrected chi connectivity index (χ2v) is 8.17. The van der Waals surface area contributed by atoms with Crippen molar-refractivity contribution in [2.75, 3.05) is 6.54 Å². The Morgan fingerprint density at radius 1 is 1.52 bits per heavy atom. The number of alkyl carbamates (subject to hydrolysis) is 1. The molecule has 0 aromatic carbocycles. The third-order valence-electron chi connectivity index (χ3n) is 3.34. The minimum absolute atomic E-state index is 0.191. The number of carbonyl (C=O) groups is 1. The number of rotatable bonds is 5. The third kappa shape index (κ3) is 5.13. The van der Waals surface area contributed by atoms with Crippen molar-refractivity contribution in [2.24, 2.45) is 0 Å². The molecule has 21 heavy (non-hydrogen) atoms. The van der Waals surface area contributed by atoms with Gasteiger partial charge in [0.2, 0.25) is 0 Å². The van der Waals surface area contributed by atoms with E-state index in [2.05, 4.69) is 15.6 Å². The normalized spacial score (nSPS) is 17.1. The highest BCUT2D eigenvalue weighted by molar-refractivity contribution is 7.15. The molecule has 0 radical (unpaired) electrons. The van der Waals surface area contributed by atoms with Crippen LogP contribution in [0.5, 0.6) is 0 Å². The lowest BCUT2D eigenvalue weighted by Crippen LogP contribution is -2.59. The lowest BCUT2D eigenvalue weighted by molar-refractivity contribution is 0.0382. The van der Waals surface area contributed by atoms with Gasteiger partial charge < -0.3 is 15.4 Å². The van der Waals surface area contributed by atoms with E-state index in [1.54, 1.807) is 6.20 Å². The predicted molar refractivity (Wildman–Crippen MR) is 84.8 cm³/mol. The Morgan fingerprint density at radius 3 is 2.71 bits per heavy atom. The summed E-state index contributed by atoms with van der Waals surface area (Å²) < 4.78 is 6.02. The Kier molecular flexibility index (Phi) is 5.11. The Balaban J connectivity index is 1.80. The van der Waals surface area contributed by atoms with Crippen molar-refractivity contribution in [2.45, 2.75) is 57.7 Å². The van der Waals surface area contributed by atoms with Gasteiger partial charge in [0.1, 0.15) is 14.9 Å². The average molecular weight is 332 g/mol. The van der Waals surface area contributed by atoms with Crippen LogP contribution in [0.25, 0.3) is 0 Å². The topological polar surface area (TPSA) is 63.2 Å². The number of halogens is 1. The first-order chi connectivity index (χ1) is 9.78. The smallest absolute Gasteiger partial charge is 0.408 e. The highest BCUT2D eigenvalue weighted by Gasteiger charge is 2.39. The molecule has 0 atom stereocenters. The molecule has 0 spiro atoms. The highest BCUT2D eigenvalue weighted by Crippen LogP contribution is 2.31. The maximum absolute atomic E-state index is 11.9. The van der Waals surface area contributed by atoms with E-state index in [4.69, 9.17) is 16.3 Å². The van der Waals surface area contributed by atoms with Crippen molar-refractivity contribution in [3.8, 4) is 0 Å². The lowest BCUT2D eigenvalue weighted by Gasteiger charge is -2.42. The van der Waals surface area contributed by atoms with Gasteiger partial charge in [0.15, 0.2) is 0 Å². The zero-order valence-electron chi connectivity index (χ0n) is 12.7. The Hall–Kier alpha value is -0.850. The molecule has 1 aromatic rings. The van der Waals surface area contributed by atoms with E-state index in [0.29, 0.717) is 17.4 Å². The van der Waals surface area contributed by atoms with Gasteiger partial charge in [0.25, 0.3) is 0 Å². The molecule has 1 amide bonds. The average Bonchev–Trinajstić information content (AvgIpc) is 2.69. The van der Waals surface area contributed by atoms with E-state index in [0.717, 1.165) is 24.3 Å². The van der Waals surface area contributed by atoms with Crippen LogP contribution in [0, 0.1) is 0 Å². The summed E-state index contributed by atoms with van der Waals surface area (Å²) in [5, 5.41) is 7.31. The molecule has 0 bridgehead atoms. The SMILES string of the molecule is CC(C)(C)OC(=O)NC1(CNCc2ncc(Cl)s2)CCC1. The Labute approximate surface area is 134 Å². The van der Waals surface area contributed by atoms with Crippen molar-refractivity contribution in [1.82, 2.24) is 15.6 Å². The van der Waals surface area contributed by atoms with Gasteiger partial charge in [0, 0.05) is 13.1 Å². The van der Waals surface area contributed by atoms with Crippen molar-refractivity contribution < 1.29 is 9.53 Å². The van der Waals surface area contributed by atoms with Crippen LogP contribution in [-0.2, 0) is 11.3 Å². The van der Waals surface area contributed by atoms with Crippen LogP contribution in [0.2, 0.25) is 4.34 Å². The number of nitrogens with one attached hydrogen (secondary N) is 2. The first kappa shape index (κ1) is 16.5. The fourth-order valence-corrected chi connectivity index (χ4v) is 3.17. The summed E-state index contributed by atoms with van der Waals surface area (Å²) in [6.45, 7) is 6.97. The van der Waals surface area contributed by atoms with Crippen molar-refractivity contribution >= 4 is 29.0 Å². The number of hydrogen-bond donors (Lipinski definition) is 2. The molecule has 7 heteroatoms. The van der Waals surface area contributed by atoms with E-state index >= 15 is 0 Å². The van der Waals surface area contributed by atoms with E-state index in [-0.39, 0.29) is 11.6 Å². The van der Waals surface area contributed by atoms with Crippen LogP contribution in [0.3, 0.4) is 0 Å². The van der Waals surface area contributed by atoms with Crippen LogP contribution >= 0.6 is 22.9 Å². The molecule has 1 fully saturated rings. The van der Waals surface area contributed by atoms with Gasteiger partial charge in [-0.05, 0) is 40.0 Å². The monoisotopic (exact) mass is 331 g/mol. The zero-order chi connectivity index (χ0) is 15.5. The summed E-state index contributed by atoms with van der Waals surface area (Å²) in [6, 6.07) is 0. The number of carbonyl (C=O) groups excluding carboxylic acids is 1. The van der Waals surface area contributed by atoms with Gasteiger partial charge in [-0.3, -0.25) is 0 Å². The van der Waals surface area contributed by atoms with Gasteiger partial charge in [-0.2, -0.15) is 0 Å². The molecule has 2 rings (SSSR count). The molecule has 1 aromatic heterocycles. The van der Waals surface area contributed by atoms with E-state index in [9.17, 15) is 4.79 Å². The van der Waals surface area contributed by atoms with E-state index in [1.165, 1.54) is 11.3 Å². The summed E-state index contributed by atoms with van der Waals surface area (Å²) in [7, 11) is 0. The van der Waals surface area contributed by atoms with Gasteiger partial charge >= 0.3 is 6.09 Å². The lowest BCUT2D eigenvalue weighted by atomic mass is 9.77. The summed E-state index contributed by atoms with van der Waals surface area (Å²) in [5.74, 6) is 0.